The van der Waals surface area contributed by atoms with Crippen LogP contribution in [-0.4, -0.2) is 0 Å². The van der Waals surface area contributed by atoms with Gasteiger partial charge >= 0.3 is 63.7 Å². The first-order valence-corrected chi connectivity index (χ1v) is 3.57. The molecule has 0 fully saturated rings. The molecular formula is C8H9Mn. The molecule has 9 heavy (non-hydrogen) atoms. The van der Waals surface area contributed by atoms with Crippen molar-refractivity contribution in [2.75, 3.05) is 0 Å². The molecule has 0 spiro atoms. The number of hydrogen-bond acceptors (Lipinski definition) is 0. The Morgan fingerprint density at radius 2 is 2.44 bits per heavy atom. The first-order valence-electron chi connectivity index (χ1n) is 2.98. The van der Waals surface area contributed by atoms with Crippen molar-refractivity contribution >= 4 is 0 Å². The van der Waals surface area contributed by atoms with Crippen molar-refractivity contribution in [2.45, 2.75) is 12.8 Å². The molecular weight excluding hydrogens is 151 g/mol. The maximum absolute atomic E-state index is 3.67. The second kappa shape index (κ2) is 3.05. The molecule has 0 saturated carbocycles. The van der Waals surface area contributed by atoms with E-state index in [0.29, 0.717) is 0 Å². The molecule has 1 heteroatoms. The fourth-order valence-electron chi connectivity index (χ4n) is 0.869. The minimum absolute atomic E-state index is 1.02. The summed E-state index contributed by atoms with van der Waals surface area (Å²) in [5, 5.41) is 0. The maximum atomic E-state index is 3.67. The molecule has 0 atom stereocenters. The van der Waals surface area contributed by atoms with Gasteiger partial charge in [0.05, 0.1) is 0 Å². The predicted octanol–water partition coefficient (Wildman–Crippen LogP) is 2.32. The standard InChI is InChI=1S/C8H9.Mn/c1-2-5-8-6-3-4-7-8;/h2-3,6H,1,5,7H2;. The molecule has 0 aliphatic heterocycles. The summed E-state index contributed by atoms with van der Waals surface area (Å²) in [6.07, 6.45) is 8.27. The van der Waals surface area contributed by atoms with Crippen LogP contribution in [0.15, 0.2) is 34.9 Å². The summed E-state index contributed by atoms with van der Waals surface area (Å²) in [6, 6.07) is 0. The van der Waals surface area contributed by atoms with E-state index in [9.17, 15) is 0 Å². The first kappa shape index (κ1) is 6.85. The SMILES string of the molecule is C=CCC1=CC=[C]([Mn])C1. The summed E-state index contributed by atoms with van der Waals surface area (Å²) in [5.74, 6) is 0. The van der Waals surface area contributed by atoms with Crippen molar-refractivity contribution in [2.24, 2.45) is 0 Å². The van der Waals surface area contributed by atoms with Crippen molar-refractivity contribution < 1.29 is 16.0 Å². The molecule has 0 bridgehead atoms. The Balaban J connectivity index is 2.43. The topological polar surface area (TPSA) is 0 Å². The van der Waals surface area contributed by atoms with Gasteiger partial charge in [-0.15, -0.1) is 0 Å². The molecule has 0 nitrogen and oxygen atoms in total. The van der Waals surface area contributed by atoms with Crippen molar-refractivity contribution in [1.29, 1.82) is 0 Å². The van der Waals surface area contributed by atoms with Gasteiger partial charge in [0.25, 0.3) is 0 Å². The quantitative estimate of drug-likeness (QED) is 0.429. The summed E-state index contributed by atoms with van der Waals surface area (Å²) < 4.78 is 1.28. The number of allylic oxidation sites excluding steroid dienone is 5. The van der Waals surface area contributed by atoms with E-state index in [4.69, 9.17) is 0 Å². The number of rotatable bonds is 2. The van der Waals surface area contributed by atoms with Gasteiger partial charge in [-0.25, -0.2) is 0 Å². The van der Waals surface area contributed by atoms with Crippen LogP contribution in [-0.2, 0) is 16.0 Å². The second-order valence-corrected chi connectivity index (χ2v) is 2.87. The Hall–Kier alpha value is -0.261. The molecule has 1 aliphatic rings. The second-order valence-electron chi connectivity index (χ2n) is 2.11. The molecule has 0 saturated heterocycles. The van der Waals surface area contributed by atoms with Crippen LogP contribution >= 0.6 is 0 Å². The minimum atomic E-state index is 1.02. The zero-order chi connectivity index (χ0) is 6.69. The van der Waals surface area contributed by atoms with E-state index in [1.165, 1.54) is 10.0 Å². The van der Waals surface area contributed by atoms with Crippen LogP contribution in [0.4, 0.5) is 0 Å². The fraction of sp³-hybridized carbons (Fsp3) is 0.250. The van der Waals surface area contributed by atoms with E-state index in [1.807, 2.05) is 6.08 Å². The molecule has 0 radical (unpaired) electrons. The molecule has 1 rings (SSSR count). The average Bonchev–Trinajstić information content (AvgIpc) is 2.17. The first-order chi connectivity index (χ1) is 4.33. The van der Waals surface area contributed by atoms with Gasteiger partial charge in [-0.05, 0) is 0 Å². The summed E-state index contributed by atoms with van der Waals surface area (Å²) in [5.41, 5.74) is 1.44. The Morgan fingerprint density at radius 3 is 2.89 bits per heavy atom. The van der Waals surface area contributed by atoms with Crippen LogP contribution in [0.2, 0.25) is 0 Å². The van der Waals surface area contributed by atoms with E-state index in [1.54, 1.807) is 0 Å². The van der Waals surface area contributed by atoms with Gasteiger partial charge in [-0.2, -0.15) is 0 Å². The van der Waals surface area contributed by atoms with E-state index >= 15 is 0 Å². The molecule has 0 unspecified atom stereocenters. The summed E-state index contributed by atoms with van der Waals surface area (Å²) in [4.78, 5) is 0. The van der Waals surface area contributed by atoms with E-state index in [0.717, 1.165) is 12.8 Å². The average molecular weight is 160 g/mol. The fourth-order valence-corrected chi connectivity index (χ4v) is 1.24. The van der Waals surface area contributed by atoms with Gasteiger partial charge in [-0.1, -0.05) is 0 Å². The van der Waals surface area contributed by atoms with Crippen LogP contribution in [0.3, 0.4) is 0 Å². The van der Waals surface area contributed by atoms with E-state index in [-0.39, 0.29) is 0 Å². The van der Waals surface area contributed by atoms with Crippen LogP contribution in [0, 0.1) is 0 Å². The molecule has 0 amide bonds. The van der Waals surface area contributed by atoms with E-state index in [2.05, 4.69) is 34.7 Å². The van der Waals surface area contributed by atoms with Gasteiger partial charge < -0.3 is 0 Å². The Morgan fingerprint density at radius 1 is 1.67 bits per heavy atom. The van der Waals surface area contributed by atoms with Crippen LogP contribution < -0.4 is 0 Å². The molecule has 0 aromatic rings. The third-order valence-corrected chi connectivity index (χ3v) is 1.71. The Bertz CT molecular complexity index is 175. The number of hydrogen-bond donors (Lipinski definition) is 0. The summed E-state index contributed by atoms with van der Waals surface area (Å²) in [7, 11) is 0. The Labute approximate surface area is 64.2 Å². The Kier molecular flexibility index (Phi) is 2.32. The summed E-state index contributed by atoms with van der Waals surface area (Å²) in [6.45, 7) is 3.67. The van der Waals surface area contributed by atoms with Crippen molar-refractivity contribution in [3.63, 3.8) is 0 Å². The van der Waals surface area contributed by atoms with Crippen molar-refractivity contribution in [3.8, 4) is 0 Å². The van der Waals surface area contributed by atoms with Crippen molar-refractivity contribution in [3.05, 3.63) is 34.9 Å². The van der Waals surface area contributed by atoms with Crippen LogP contribution in [0.25, 0.3) is 0 Å². The molecule has 0 heterocycles. The van der Waals surface area contributed by atoms with Gasteiger partial charge in [0.1, 0.15) is 0 Å². The molecule has 0 aromatic carbocycles. The predicted molar refractivity (Wildman–Crippen MR) is 35.6 cm³/mol. The van der Waals surface area contributed by atoms with Gasteiger partial charge in [0, 0.05) is 0 Å². The van der Waals surface area contributed by atoms with Crippen LogP contribution in [0.5, 0.6) is 0 Å². The van der Waals surface area contributed by atoms with Gasteiger partial charge in [-0.3, -0.25) is 0 Å². The molecule has 0 N–H and O–H groups in total. The molecule has 48 valence electrons. The van der Waals surface area contributed by atoms with Crippen LogP contribution in [0.1, 0.15) is 12.8 Å². The third kappa shape index (κ3) is 1.85. The van der Waals surface area contributed by atoms with Crippen molar-refractivity contribution in [1.82, 2.24) is 0 Å². The summed E-state index contributed by atoms with van der Waals surface area (Å²) >= 11 is 3.42. The molecule has 1 aliphatic carbocycles. The zero-order valence-electron chi connectivity index (χ0n) is 5.23. The van der Waals surface area contributed by atoms with Gasteiger partial charge in [0.2, 0.25) is 0 Å². The monoisotopic (exact) mass is 160 g/mol. The molecule has 0 aromatic heterocycles. The third-order valence-electron chi connectivity index (χ3n) is 1.30. The van der Waals surface area contributed by atoms with E-state index < -0.39 is 0 Å². The van der Waals surface area contributed by atoms with Gasteiger partial charge in [0.15, 0.2) is 0 Å². The normalized spacial score (nSPS) is 17.0. The zero-order valence-corrected chi connectivity index (χ0v) is 6.41.